The lowest BCUT2D eigenvalue weighted by atomic mass is 9.98. The Hall–Kier alpha value is -1.93. The van der Waals surface area contributed by atoms with Crippen LogP contribution in [0.2, 0.25) is 0 Å². The van der Waals surface area contributed by atoms with Crippen molar-refractivity contribution in [2.24, 2.45) is 5.10 Å². The zero-order valence-corrected chi connectivity index (χ0v) is 12.9. The van der Waals surface area contributed by atoms with Crippen LogP contribution in [0.4, 0.5) is 13.2 Å². The number of halogens is 3. The first-order valence-electron chi connectivity index (χ1n) is 6.88. The van der Waals surface area contributed by atoms with E-state index in [1.807, 2.05) is 0 Å². The third-order valence-electron chi connectivity index (χ3n) is 3.08. The fourth-order valence-corrected chi connectivity index (χ4v) is 2.07. The van der Waals surface area contributed by atoms with Crippen LogP contribution in [-0.4, -0.2) is 39.6 Å². The summed E-state index contributed by atoms with van der Waals surface area (Å²) >= 11 is 0. The molecule has 8 heteroatoms. The van der Waals surface area contributed by atoms with Crippen molar-refractivity contribution in [1.82, 2.24) is 5.43 Å². The minimum absolute atomic E-state index is 0.0266. The molecule has 5 nitrogen and oxygen atoms in total. The van der Waals surface area contributed by atoms with Gasteiger partial charge in [-0.3, -0.25) is 4.79 Å². The number of nitrogens with zero attached hydrogens (tertiary/aromatic N) is 1. The highest BCUT2D eigenvalue weighted by Crippen LogP contribution is 2.33. The van der Waals surface area contributed by atoms with Crippen molar-refractivity contribution >= 4 is 12.1 Å². The van der Waals surface area contributed by atoms with E-state index in [1.54, 1.807) is 0 Å². The number of nitrogens with one attached hydrogen (secondary N) is 1. The highest BCUT2D eigenvalue weighted by Gasteiger charge is 2.33. The summed E-state index contributed by atoms with van der Waals surface area (Å²) in [6.07, 6.45) is -3.40. The Bertz CT molecular complexity index is 545. The van der Waals surface area contributed by atoms with Gasteiger partial charge < -0.3 is 9.47 Å². The highest BCUT2D eigenvalue weighted by atomic mass is 19.4. The van der Waals surface area contributed by atoms with Crippen LogP contribution in [0.25, 0.3) is 0 Å². The summed E-state index contributed by atoms with van der Waals surface area (Å²) in [5, 5.41) is 3.72. The molecule has 0 bridgehead atoms. The van der Waals surface area contributed by atoms with Crippen LogP contribution in [0.15, 0.2) is 23.3 Å². The number of rotatable bonds is 9. The summed E-state index contributed by atoms with van der Waals surface area (Å²) in [6.45, 7) is 0.361. The van der Waals surface area contributed by atoms with Gasteiger partial charge in [0, 0.05) is 26.4 Å². The van der Waals surface area contributed by atoms with Crippen molar-refractivity contribution in [3.63, 3.8) is 0 Å². The summed E-state index contributed by atoms with van der Waals surface area (Å²) in [4.78, 5) is 10.3. The van der Waals surface area contributed by atoms with Crippen LogP contribution in [-0.2, 0) is 26.9 Å². The van der Waals surface area contributed by atoms with Gasteiger partial charge >= 0.3 is 6.18 Å². The molecule has 0 fully saturated rings. The van der Waals surface area contributed by atoms with Crippen LogP contribution in [0.1, 0.15) is 23.1 Å². The Morgan fingerprint density at radius 1 is 1.30 bits per heavy atom. The number of aryl methyl sites for hydroxylation is 1. The van der Waals surface area contributed by atoms with Gasteiger partial charge in [-0.25, -0.2) is 5.43 Å². The topological polar surface area (TPSA) is 59.9 Å². The van der Waals surface area contributed by atoms with E-state index in [0.717, 1.165) is 6.07 Å². The van der Waals surface area contributed by atoms with Crippen LogP contribution >= 0.6 is 0 Å². The fourth-order valence-electron chi connectivity index (χ4n) is 2.07. The van der Waals surface area contributed by atoms with Gasteiger partial charge in [0.15, 0.2) is 0 Å². The number of hydrazone groups is 1. The summed E-state index contributed by atoms with van der Waals surface area (Å²) in [6, 6.07) is 3.97. The molecule has 0 unspecified atom stereocenters. The maximum Gasteiger partial charge on any atom is 0.416 e. The Morgan fingerprint density at radius 3 is 2.61 bits per heavy atom. The molecule has 128 valence electrons. The lowest BCUT2D eigenvalue weighted by Gasteiger charge is -2.15. The van der Waals surface area contributed by atoms with Crippen LogP contribution in [0.5, 0.6) is 0 Å². The minimum atomic E-state index is -4.48. The van der Waals surface area contributed by atoms with Crippen molar-refractivity contribution in [2.45, 2.75) is 19.0 Å². The summed E-state index contributed by atoms with van der Waals surface area (Å²) in [5.41, 5.74) is 1.99. The van der Waals surface area contributed by atoms with Crippen molar-refractivity contribution in [2.75, 3.05) is 27.4 Å². The third kappa shape index (κ3) is 5.99. The average molecular weight is 332 g/mol. The first-order chi connectivity index (χ1) is 10.9. The van der Waals surface area contributed by atoms with Gasteiger partial charge in [0.25, 0.3) is 0 Å². The predicted octanol–water partition coefficient (Wildman–Crippen LogP) is 2.38. The molecule has 0 atom stereocenters. The SMILES string of the molecule is COCCCc1ccc(/C(COC)=N/NC=O)cc1C(F)(F)F. The van der Waals surface area contributed by atoms with Gasteiger partial charge in [-0.2, -0.15) is 18.3 Å². The third-order valence-corrected chi connectivity index (χ3v) is 3.08. The van der Waals surface area contributed by atoms with E-state index in [0.29, 0.717) is 19.4 Å². The second kappa shape index (κ2) is 9.26. The van der Waals surface area contributed by atoms with Gasteiger partial charge in [0.2, 0.25) is 6.41 Å². The summed E-state index contributed by atoms with van der Waals surface area (Å²) < 4.78 is 49.6. The van der Waals surface area contributed by atoms with E-state index in [9.17, 15) is 18.0 Å². The number of methoxy groups -OCH3 is 2. The molecule has 23 heavy (non-hydrogen) atoms. The molecule has 0 aliphatic heterocycles. The van der Waals surface area contributed by atoms with Gasteiger partial charge in [-0.05, 0) is 24.5 Å². The zero-order valence-electron chi connectivity index (χ0n) is 12.9. The van der Waals surface area contributed by atoms with Gasteiger partial charge in [-0.15, -0.1) is 0 Å². The van der Waals surface area contributed by atoms with Crippen LogP contribution in [0.3, 0.4) is 0 Å². The number of carbonyl (C=O) groups excluding carboxylic acids is 1. The molecule has 0 aromatic heterocycles. The monoisotopic (exact) mass is 332 g/mol. The molecule has 0 saturated heterocycles. The molecule has 1 rings (SSSR count). The second-order valence-electron chi connectivity index (χ2n) is 4.70. The van der Waals surface area contributed by atoms with Crippen molar-refractivity contribution in [1.29, 1.82) is 0 Å². The van der Waals surface area contributed by atoms with Crippen LogP contribution < -0.4 is 5.43 Å². The number of ether oxygens (including phenoxy) is 2. The first-order valence-corrected chi connectivity index (χ1v) is 6.88. The lowest BCUT2D eigenvalue weighted by molar-refractivity contribution is -0.138. The molecule has 0 radical (unpaired) electrons. The van der Waals surface area contributed by atoms with E-state index in [-0.39, 0.29) is 29.9 Å². The Balaban J connectivity index is 3.18. The van der Waals surface area contributed by atoms with Crippen molar-refractivity contribution < 1.29 is 27.4 Å². The minimum Gasteiger partial charge on any atom is -0.385 e. The fraction of sp³-hybridized carbons (Fsp3) is 0.467. The number of hydrogen-bond acceptors (Lipinski definition) is 4. The summed E-state index contributed by atoms with van der Waals surface area (Å²) in [5.74, 6) is 0. The Morgan fingerprint density at radius 2 is 2.04 bits per heavy atom. The summed E-state index contributed by atoms with van der Waals surface area (Å²) in [7, 11) is 2.89. The molecule has 0 spiro atoms. The van der Waals surface area contributed by atoms with Gasteiger partial charge in [0.05, 0.1) is 17.9 Å². The number of benzene rings is 1. The molecule has 1 amide bonds. The van der Waals surface area contributed by atoms with Gasteiger partial charge in [-0.1, -0.05) is 12.1 Å². The standard InChI is InChI=1S/C15H19F3N2O3/c1-22-7-3-4-11-5-6-12(8-13(11)15(16,17)18)14(9-23-2)20-19-10-21/h5-6,8,10H,3-4,7,9H2,1-2H3,(H,19,21)/b20-14+. The van der Waals surface area contributed by atoms with Crippen molar-refractivity contribution in [3.8, 4) is 0 Å². The first kappa shape index (κ1) is 19.1. The van der Waals surface area contributed by atoms with E-state index in [4.69, 9.17) is 9.47 Å². The zero-order chi connectivity index (χ0) is 17.3. The van der Waals surface area contributed by atoms with E-state index < -0.39 is 11.7 Å². The van der Waals surface area contributed by atoms with Crippen LogP contribution in [0, 0.1) is 0 Å². The maximum atomic E-state index is 13.3. The molecular weight excluding hydrogens is 313 g/mol. The molecule has 1 N–H and O–H groups in total. The molecule has 0 heterocycles. The van der Waals surface area contributed by atoms with Crippen molar-refractivity contribution in [3.05, 3.63) is 34.9 Å². The van der Waals surface area contributed by atoms with Gasteiger partial charge in [0.1, 0.15) is 0 Å². The quantitative estimate of drug-likeness (QED) is 0.327. The Kier molecular flexibility index (Phi) is 7.70. The molecule has 0 aliphatic carbocycles. The molecular formula is C15H19F3N2O3. The number of amides is 1. The molecule has 0 aliphatic rings. The lowest BCUT2D eigenvalue weighted by Crippen LogP contribution is -2.17. The smallest absolute Gasteiger partial charge is 0.385 e. The highest BCUT2D eigenvalue weighted by molar-refractivity contribution is 6.02. The second-order valence-corrected chi connectivity index (χ2v) is 4.70. The molecule has 0 saturated carbocycles. The predicted molar refractivity (Wildman–Crippen MR) is 79.3 cm³/mol. The molecule has 1 aromatic carbocycles. The number of hydrogen-bond donors (Lipinski definition) is 1. The number of carbonyl (C=O) groups is 1. The van der Waals surface area contributed by atoms with E-state index >= 15 is 0 Å². The molecule has 1 aromatic rings. The van der Waals surface area contributed by atoms with E-state index in [1.165, 1.54) is 26.4 Å². The number of alkyl halides is 3. The maximum absolute atomic E-state index is 13.3. The average Bonchev–Trinajstić information content (AvgIpc) is 2.51. The van der Waals surface area contributed by atoms with E-state index in [2.05, 4.69) is 10.5 Å². The normalized spacial score (nSPS) is 12.3. The Labute approximate surface area is 132 Å². The largest absolute Gasteiger partial charge is 0.416 e.